The van der Waals surface area contributed by atoms with Gasteiger partial charge in [0.25, 0.3) is 5.91 Å². The van der Waals surface area contributed by atoms with Gasteiger partial charge in [0.15, 0.2) is 6.61 Å². The maximum Gasteiger partial charge on any atom is 0.349 e. The Balaban J connectivity index is 2.10. The third kappa shape index (κ3) is 7.06. The number of ether oxygens (including phenoxy) is 2. The fourth-order valence-corrected chi connectivity index (χ4v) is 4.60. The van der Waals surface area contributed by atoms with Crippen molar-refractivity contribution in [3.05, 3.63) is 44.6 Å². The number of anilines is 1. The lowest BCUT2D eigenvalue weighted by molar-refractivity contribution is -0.142. The summed E-state index contributed by atoms with van der Waals surface area (Å²) < 4.78 is 12.3. The Kier molecular flexibility index (Phi) is 9.84. The molecule has 2 aromatic heterocycles. The summed E-state index contributed by atoms with van der Waals surface area (Å²) in [6, 6.07) is 3.79. The van der Waals surface area contributed by atoms with Crippen LogP contribution in [0.25, 0.3) is 6.08 Å². The molecule has 0 aromatic carbocycles. The van der Waals surface area contributed by atoms with E-state index in [-0.39, 0.29) is 12.2 Å². The standard InChI is InChI=1S/C26H33N3O5S/c1-8-33-26(32)23-17(5)19(7)35-24(23)28-22(30)14-34-25(31)21(13-27)12-20-11-16(4)29(18(20)6)10-9-15(2)3/h11-12,15H,8-10,14H2,1-7H3,(H,28,30). The summed E-state index contributed by atoms with van der Waals surface area (Å²) in [5, 5.41) is 12.5. The van der Waals surface area contributed by atoms with Gasteiger partial charge in [-0.2, -0.15) is 5.26 Å². The zero-order chi connectivity index (χ0) is 26.3. The molecule has 2 rings (SSSR count). The summed E-state index contributed by atoms with van der Waals surface area (Å²) in [6.07, 6.45) is 2.50. The number of nitriles is 1. The zero-order valence-corrected chi connectivity index (χ0v) is 22.2. The number of rotatable bonds is 10. The van der Waals surface area contributed by atoms with Crippen LogP contribution >= 0.6 is 11.3 Å². The van der Waals surface area contributed by atoms with Crippen molar-refractivity contribution in [2.45, 2.75) is 61.4 Å². The average molecular weight is 500 g/mol. The minimum atomic E-state index is -0.890. The highest BCUT2D eigenvalue weighted by Gasteiger charge is 2.23. The first kappa shape index (κ1) is 27.9. The SMILES string of the molecule is CCOC(=O)c1c(NC(=O)COC(=O)C(C#N)=Cc2cc(C)n(CCC(C)C)c2C)sc(C)c1C. The molecule has 0 atom stereocenters. The van der Waals surface area contributed by atoms with Gasteiger partial charge in [0.1, 0.15) is 16.6 Å². The molecule has 0 unspecified atom stereocenters. The number of nitrogens with zero attached hydrogens (tertiary/aromatic N) is 2. The number of thiophene rings is 1. The van der Waals surface area contributed by atoms with Crippen molar-refractivity contribution in [3.63, 3.8) is 0 Å². The molecule has 35 heavy (non-hydrogen) atoms. The summed E-state index contributed by atoms with van der Waals surface area (Å²) >= 11 is 1.24. The molecule has 0 aliphatic carbocycles. The molecule has 0 aliphatic rings. The molecule has 0 bridgehead atoms. The Bertz CT molecular complexity index is 1180. The molecule has 0 saturated carbocycles. The van der Waals surface area contributed by atoms with Crippen molar-refractivity contribution in [3.8, 4) is 6.07 Å². The number of amides is 1. The lowest BCUT2D eigenvalue weighted by atomic mass is 10.1. The number of aromatic nitrogens is 1. The van der Waals surface area contributed by atoms with Gasteiger partial charge in [0.05, 0.1) is 12.2 Å². The van der Waals surface area contributed by atoms with E-state index in [0.717, 1.165) is 40.4 Å². The van der Waals surface area contributed by atoms with Crippen molar-refractivity contribution in [2.24, 2.45) is 5.92 Å². The van der Waals surface area contributed by atoms with Gasteiger partial charge in [-0.3, -0.25) is 4.79 Å². The van der Waals surface area contributed by atoms with Gasteiger partial charge in [-0.05, 0) is 70.2 Å². The normalized spacial score (nSPS) is 11.3. The van der Waals surface area contributed by atoms with Crippen LogP contribution in [0.2, 0.25) is 0 Å². The topological polar surface area (TPSA) is 110 Å². The molecule has 0 aliphatic heterocycles. The predicted octanol–water partition coefficient (Wildman–Crippen LogP) is 5.09. The quantitative estimate of drug-likeness (QED) is 0.277. The van der Waals surface area contributed by atoms with Crippen LogP contribution in [0.4, 0.5) is 5.00 Å². The van der Waals surface area contributed by atoms with Gasteiger partial charge >= 0.3 is 11.9 Å². The number of nitrogens with one attached hydrogen (secondary N) is 1. The van der Waals surface area contributed by atoms with Gasteiger partial charge in [0.2, 0.25) is 0 Å². The van der Waals surface area contributed by atoms with E-state index in [0.29, 0.717) is 16.5 Å². The van der Waals surface area contributed by atoms with Crippen molar-refractivity contribution in [1.29, 1.82) is 5.26 Å². The highest BCUT2D eigenvalue weighted by molar-refractivity contribution is 7.16. The molecule has 8 nitrogen and oxygen atoms in total. The van der Waals surface area contributed by atoms with Gasteiger partial charge < -0.3 is 19.4 Å². The van der Waals surface area contributed by atoms with E-state index in [9.17, 15) is 19.6 Å². The molecule has 9 heteroatoms. The van der Waals surface area contributed by atoms with Crippen molar-refractivity contribution in [1.82, 2.24) is 4.57 Å². The first-order chi connectivity index (χ1) is 16.5. The Hall–Kier alpha value is -3.38. The fourth-order valence-electron chi connectivity index (χ4n) is 3.53. The van der Waals surface area contributed by atoms with E-state index in [1.807, 2.05) is 32.9 Å². The number of carbonyl (C=O) groups is 3. The summed E-state index contributed by atoms with van der Waals surface area (Å²) in [4.78, 5) is 38.1. The van der Waals surface area contributed by atoms with Crippen LogP contribution < -0.4 is 5.32 Å². The van der Waals surface area contributed by atoms with Crippen LogP contribution in [-0.4, -0.2) is 35.6 Å². The Morgan fingerprint density at radius 3 is 2.49 bits per heavy atom. The second-order valence-electron chi connectivity index (χ2n) is 8.66. The van der Waals surface area contributed by atoms with Crippen LogP contribution in [0.5, 0.6) is 0 Å². The Morgan fingerprint density at radius 1 is 1.20 bits per heavy atom. The molecule has 0 fully saturated rings. The van der Waals surface area contributed by atoms with E-state index in [1.165, 1.54) is 17.4 Å². The van der Waals surface area contributed by atoms with Gasteiger partial charge in [0, 0.05) is 22.8 Å². The van der Waals surface area contributed by atoms with E-state index in [1.54, 1.807) is 13.8 Å². The Labute approximate surface area is 210 Å². The van der Waals surface area contributed by atoms with Crippen LogP contribution in [0, 0.1) is 44.9 Å². The third-order valence-electron chi connectivity index (χ3n) is 5.64. The van der Waals surface area contributed by atoms with E-state index in [4.69, 9.17) is 9.47 Å². The lowest BCUT2D eigenvalue weighted by Gasteiger charge is -2.11. The maximum absolute atomic E-state index is 12.5. The Morgan fingerprint density at radius 2 is 1.89 bits per heavy atom. The molecule has 0 saturated heterocycles. The molecule has 0 radical (unpaired) electrons. The number of esters is 2. The van der Waals surface area contributed by atoms with Crippen molar-refractivity contribution in [2.75, 3.05) is 18.5 Å². The van der Waals surface area contributed by atoms with Crippen LogP contribution in [-0.2, 0) is 25.6 Å². The van der Waals surface area contributed by atoms with Gasteiger partial charge in [-0.15, -0.1) is 11.3 Å². The number of carbonyl (C=O) groups excluding carboxylic acids is 3. The highest BCUT2D eigenvalue weighted by Crippen LogP contribution is 2.33. The molecule has 2 aromatic rings. The van der Waals surface area contributed by atoms with Crippen LogP contribution in [0.3, 0.4) is 0 Å². The minimum absolute atomic E-state index is 0.197. The number of hydrogen-bond donors (Lipinski definition) is 1. The van der Waals surface area contributed by atoms with E-state index >= 15 is 0 Å². The molecular formula is C26H33N3O5S. The van der Waals surface area contributed by atoms with Crippen LogP contribution in [0.1, 0.15) is 64.9 Å². The summed E-state index contributed by atoms with van der Waals surface area (Å²) in [5.74, 6) is -1.48. The minimum Gasteiger partial charge on any atom is -0.462 e. The summed E-state index contributed by atoms with van der Waals surface area (Å²) in [5.41, 5.74) is 3.57. The molecule has 1 N–H and O–H groups in total. The second-order valence-corrected chi connectivity index (χ2v) is 9.89. The molecule has 0 spiro atoms. The van der Waals surface area contributed by atoms with E-state index < -0.39 is 24.5 Å². The van der Waals surface area contributed by atoms with Crippen molar-refractivity contribution < 1.29 is 23.9 Å². The fraction of sp³-hybridized carbons (Fsp3) is 0.462. The van der Waals surface area contributed by atoms with E-state index in [2.05, 4.69) is 23.7 Å². The van der Waals surface area contributed by atoms with Gasteiger partial charge in [-0.1, -0.05) is 13.8 Å². The molecule has 1 amide bonds. The lowest BCUT2D eigenvalue weighted by Crippen LogP contribution is -2.22. The highest BCUT2D eigenvalue weighted by atomic mass is 32.1. The number of aryl methyl sites for hydroxylation is 2. The zero-order valence-electron chi connectivity index (χ0n) is 21.4. The van der Waals surface area contributed by atoms with Gasteiger partial charge in [-0.25, -0.2) is 9.59 Å². The number of hydrogen-bond acceptors (Lipinski definition) is 7. The smallest absolute Gasteiger partial charge is 0.349 e. The van der Waals surface area contributed by atoms with Crippen LogP contribution in [0.15, 0.2) is 11.6 Å². The molecule has 188 valence electrons. The second kappa shape index (κ2) is 12.4. The predicted molar refractivity (Wildman–Crippen MR) is 136 cm³/mol. The molecular weight excluding hydrogens is 466 g/mol. The van der Waals surface area contributed by atoms with Crippen molar-refractivity contribution >= 4 is 40.3 Å². The first-order valence-electron chi connectivity index (χ1n) is 11.5. The maximum atomic E-state index is 12.5. The largest absolute Gasteiger partial charge is 0.462 e. The summed E-state index contributed by atoms with van der Waals surface area (Å²) in [7, 11) is 0. The first-order valence-corrected chi connectivity index (χ1v) is 12.3. The summed E-state index contributed by atoms with van der Waals surface area (Å²) in [6.45, 7) is 14.0. The average Bonchev–Trinajstić information content (AvgIpc) is 3.22. The third-order valence-corrected chi connectivity index (χ3v) is 6.76. The molecule has 2 heterocycles. The monoisotopic (exact) mass is 499 g/mol.